The lowest BCUT2D eigenvalue weighted by Gasteiger charge is -2.03. The normalized spacial score (nSPS) is 10.6. The third-order valence-corrected chi connectivity index (χ3v) is 1.96. The fraction of sp³-hybridized carbons (Fsp3) is 1.00. The predicted molar refractivity (Wildman–Crippen MR) is 54.9 cm³/mol. The summed E-state index contributed by atoms with van der Waals surface area (Å²) in [5.74, 6) is 0. The Morgan fingerprint density at radius 1 is 1.00 bits per heavy atom. The van der Waals surface area contributed by atoms with Gasteiger partial charge in [0.05, 0.1) is 0 Å². The molecule has 0 aromatic carbocycles. The van der Waals surface area contributed by atoms with E-state index in [2.05, 4.69) is 5.32 Å². The second kappa shape index (κ2) is 11.9. The molecule has 80 valence electrons. The van der Waals surface area contributed by atoms with Gasteiger partial charge < -0.3 is 15.2 Å². The molecule has 0 saturated carbocycles. The minimum atomic E-state index is 0.327. The van der Waals surface area contributed by atoms with Crippen LogP contribution in [-0.4, -0.2) is 38.5 Å². The highest BCUT2D eigenvalue weighted by atomic mass is 16.5. The number of rotatable bonds is 10. The molecule has 0 amide bonds. The van der Waals surface area contributed by atoms with Crippen molar-refractivity contribution in [2.24, 2.45) is 0 Å². The van der Waals surface area contributed by atoms with Crippen molar-refractivity contribution in [3.8, 4) is 0 Å². The predicted octanol–water partition coefficient (Wildman–Crippen LogP) is 1.17. The zero-order valence-electron chi connectivity index (χ0n) is 8.72. The van der Waals surface area contributed by atoms with Gasteiger partial charge in [0.2, 0.25) is 0 Å². The lowest BCUT2D eigenvalue weighted by molar-refractivity contribution is 0.192. The molecule has 0 aromatic rings. The lowest BCUT2D eigenvalue weighted by Crippen LogP contribution is -2.17. The maximum Gasteiger partial charge on any atom is 0.0462 e. The molecule has 0 heterocycles. The fourth-order valence-corrected chi connectivity index (χ4v) is 1.16. The van der Waals surface area contributed by atoms with Crippen molar-refractivity contribution in [1.82, 2.24) is 5.32 Å². The standard InChI is InChI=1S/C10H23NO2/c1-13-10-6-4-8-11-7-3-2-5-9-12/h11-12H,2-10H2,1H3. The zero-order chi connectivity index (χ0) is 9.78. The van der Waals surface area contributed by atoms with Crippen molar-refractivity contribution in [2.45, 2.75) is 32.1 Å². The third kappa shape index (κ3) is 11.9. The van der Waals surface area contributed by atoms with E-state index in [9.17, 15) is 0 Å². The molecule has 0 atom stereocenters. The van der Waals surface area contributed by atoms with Gasteiger partial charge in [0.1, 0.15) is 0 Å². The smallest absolute Gasteiger partial charge is 0.0462 e. The van der Waals surface area contributed by atoms with Crippen LogP contribution >= 0.6 is 0 Å². The lowest BCUT2D eigenvalue weighted by atomic mass is 10.2. The number of methoxy groups -OCH3 is 1. The van der Waals surface area contributed by atoms with Crippen LogP contribution in [0.25, 0.3) is 0 Å². The van der Waals surface area contributed by atoms with E-state index in [1.54, 1.807) is 7.11 Å². The number of unbranched alkanes of at least 4 members (excludes halogenated alkanes) is 3. The molecule has 0 fully saturated rings. The SMILES string of the molecule is COCCCCNCCCCCO. The summed E-state index contributed by atoms with van der Waals surface area (Å²) < 4.78 is 4.95. The third-order valence-electron chi connectivity index (χ3n) is 1.96. The van der Waals surface area contributed by atoms with Crippen molar-refractivity contribution in [3.05, 3.63) is 0 Å². The summed E-state index contributed by atoms with van der Waals surface area (Å²) >= 11 is 0. The topological polar surface area (TPSA) is 41.5 Å². The summed E-state index contributed by atoms with van der Waals surface area (Å²) in [5.41, 5.74) is 0. The summed E-state index contributed by atoms with van der Waals surface area (Å²) in [6.07, 6.45) is 5.56. The number of hydrogen-bond donors (Lipinski definition) is 2. The van der Waals surface area contributed by atoms with Gasteiger partial charge in [0.25, 0.3) is 0 Å². The van der Waals surface area contributed by atoms with E-state index in [0.29, 0.717) is 6.61 Å². The van der Waals surface area contributed by atoms with Crippen LogP contribution in [0.15, 0.2) is 0 Å². The van der Waals surface area contributed by atoms with E-state index >= 15 is 0 Å². The van der Waals surface area contributed by atoms with Crippen LogP contribution in [0.2, 0.25) is 0 Å². The Balaban J connectivity index is 2.76. The van der Waals surface area contributed by atoms with Gasteiger partial charge in [-0.25, -0.2) is 0 Å². The Kier molecular flexibility index (Phi) is 11.8. The quantitative estimate of drug-likeness (QED) is 0.507. The molecular weight excluding hydrogens is 166 g/mol. The highest BCUT2D eigenvalue weighted by Gasteiger charge is 1.89. The molecule has 0 aliphatic rings. The number of aliphatic hydroxyl groups excluding tert-OH is 1. The first-order valence-electron chi connectivity index (χ1n) is 5.22. The Labute approximate surface area is 81.5 Å². The van der Waals surface area contributed by atoms with Gasteiger partial charge in [-0.3, -0.25) is 0 Å². The van der Waals surface area contributed by atoms with Gasteiger partial charge >= 0.3 is 0 Å². The first-order valence-corrected chi connectivity index (χ1v) is 5.22. The molecule has 3 heteroatoms. The Morgan fingerprint density at radius 2 is 1.69 bits per heavy atom. The molecule has 0 radical (unpaired) electrons. The second-order valence-electron chi connectivity index (χ2n) is 3.23. The average molecular weight is 189 g/mol. The number of aliphatic hydroxyl groups is 1. The molecule has 0 bridgehead atoms. The van der Waals surface area contributed by atoms with Gasteiger partial charge in [-0.1, -0.05) is 0 Å². The van der Waals surface area contributed by atoms with Gasteiger partial charge in [-0.05, 0) is 45.2 Å². The van der Waals surface area contributed by atoms with E-state index in [0.717, 1.165) is 39.0 Å². The molecule has 0 rings (SSSR count). The summed E-state index contributed by atoms with van der Waals surface area (Å²) in [4.78, 5) is 0. The highest BCUT2D eigenvalue weighted by molar-refractivity contribution is 4.49. The number of hydrogen-bond acceptors (Lipinski definition) is 3. The number of nitrogens with one attached hydrogen (secondary N) is 1. The molecule has 2 N–H and O–H groups in total. The Bertz CT molecular complexity index is 79.0. The number of ether oxygens (including phenoxy) is 1. The zero-order valence-corrected chi connectivity index (χ0v) is 8.72. The molecular formula is C10H23NO2. The minimum absolute atomic E-state index is 0.327. The van der Waals surface area contributed by atoms with Crippen molar-refractivity contribution < 1.29 is 9.84 Å². The van der Waals surface area contributed by atoms with Crippen LogP contribution in [0.1, 0.15) is 32.1 Å². The molecule has 0 saturated heterocycles. The first kappa shape index (κ1) is 12.9. The van der Waals surface area contributed by atoms with Crippen molar-refractivity contribution in [1.29, 1.82) is 0 Å². The van der Waals surface area contributed by atoms with Crippen LogP contribution in [-0.2, 0) is 4.74 Å². The monoisotopic (exact) mass is 189 g/mol. The van der Waals surface area contributed by atoms with E-state index in [-0.39, 0.29) is 0 Å². The van der Waals surface area contributed by atoms with Crippen molar-refractivity contribution in [2.75, 3.05) is 33.4 Å². The maximum atomic E-state index is 8.53. The van der Waals surface area contributed by atoms with Crippen LogP contribution in [0, 0.1) is 0 Å². The van der Waals surface area contributed by atoms with Crippen LogP contribution in [0.4, 0.5) is 0 Å². The molecule has 0 aliphatic carbocycles. The molecule has 0 aromatic heterocycles. The molecule has 0 unspecified atom stereocenters. The van der Waals surface area contributed by atoms with Gasteiger partial charge in [0.15, 0.2) is 0 Å². The van der Waals surface area contributed by atoms with Crippen molar-refractivity contribution in [3.63, 3.8) is 0 Å². The Morgan fingerprint density at radius 3 is 2.31 bits per heavy atom. The van der Waals surface area contributed by atoms with Gasteiger partial charge in [-0.2, -0.15) is 0 Å². The summed E-state index contributed by atoms with van der Waals surface area (Å²) in [6.45, 7) is 3.36. The van der Waals surface area contributed by atoms with Gasteiger partial charge in [-0.15, -0.1) is 0 Å². The molecule has 13 heavy (non-hydrogen) atoms. The summed E-state index contributed by atoms with van der Waals surface area (Å²) in [7, 11) is 1.74. The highest BCUT2D eigenvalue weighted by Crippen LogP contribution is 1.92. The van der Waals surface area contributed by atoms with Crippen LogP contribution < -0.4 is 5.32 Å². The molecule has 3 nitrogen and oxygen atoms in total. The van der Waals surface area contributed by atoms with Gasteiger partial charge in [0, 0.05) is 20.3 Å². The molecule has 0 aliphatic heterocycles. The minimum Gasteiger partial charge on any atom is -0.396 e. The average Bonchev–Trinajstić information content (AvgIpc) is 2.16. The van der Waals surface area contributed by atoms with E-state index in [4.69, 9.17) is 9.84 Å². The van der Waals surface area contributed by atoms with Crippen LogP contribution in [0.3, 0.4) is 0 Å². The van der Waals surface area contributed by atoms with Crippen LogP contribution in [0.5, 0.6) is 0 Å². The van der Waals surface area contributed by atoms with E-state index in [1.165, 1.54) is 12.8 Å². The second-order valence-corrected chi connectivity index (χ2v) is 3.23. The summed E-state index contributed by atoms with van der Waals surface area (Å²) in [6, 6.07) is 0. The first-order chi connectivity index (χ1) is 6.41. The summed E-state index contributed by atoms with van der Waals surface area (Å²) in [5, 5.41) is 11.9. The Hall–Kier alpha value is -0.120. The molecule has 0 spiro atoms. The van der Waals surface area contributed by atoms with E-state index in [1.807, 2.05) is 0 Å². The van der Waals surface area contributed by atoms with Crippen molar-refractivity contribution >= 4 is 0 Å². The maximum absolute atomic E-state index is 8.53. The fourth-order valence-electron chi connectivity index (χ4n) is 1.16. The largest absolute Gasteiger partial charge is 0.396 e. The van der Waals surface area contributed by atoms with E-state index < -0.39 is 0 Å².